The van der Waals surface area contributed by atoms with E-state index >= 15 is 0 Å². The van der Waals surface area contributed by atoms with Gasteiger partial charge in [-0.1, -0.05) is 0 Å². The predicted octanol–water partition coefficient (Wildman–Crippen LogP) is -1.06. The standard InChI is InChI=1S/H2O.2O.Pt/h1H2;;;. The van der Waals surface area contributed by atoms with Gasteiger partial charge >= 0.3 is 25.3 Å². The Morgan fingerprint density at radius 3 is 1.25 bits per heavy atom. The van der Waals surface area contributed by atoms with Crippen LogP contribution in [0.3, 0.4) is 0 Å². The van der Waals surface area contributed by atoms with Gasteiger partial charge in [0.05, 0.1) is 0 Å². The molecule has 0 bridgehead atoms. The molecule has 0 unspecified atom stereocenters. The van der Waals surface area contributed by atoms with Gasteiger partial charge in [0, 0.05) is 0 Å². The summed E-state index contributed by atoms with van der Waals surface area (Å²) in [7, 11) is 0. The van der Waals surface area contributed by atoms with E-state index in [-0.39, 0.29) is 5.48 Å². The zero-order chi connectivity index (χ0) is 2.71. The molecular weight excluding hydrogens is 243 g/mol. The van der Waals surface area contributed by atoms with Crippen LogP contribution >= 0.6 is 0 Å². The molecule has 4 heavy (non-hydrogen) atoms. The van der Waals surface area contributed by atoms with Crippen molar-refractivity contribution in [2.45, 2.75) is 0 Å². The summed E-state index contributed by atoms with van der Waals surface area (Å²) in [6.07, 6.45) is 0. The molecule has 0 aromatic rings. The van der Waals surface area contributed by atoms with Crippen molar-refractivity contribution in [3.63, 3.8) is 0 Å². The van der Waals surface area contributed by atoms with Crippen LogP contribution in [0, 0.1) is 0 Å². The van der Waals surface area contributed by atoms with Gasteiger partial charge in [-0.3, -0.25) is 0 Å². The molecule has 0 atom stereocenters. The molecule has 30 valence electrons. The fraction of sp³-hybridized carbons (Fsp3) is 0. The molecule has 0 aromatic heterocycles. The third kappa shape index (κ3) is 56.8. The number of hydrogen-bond acceptors (Lipinski definition) is 2. The predicted molar refractivity (Wildman–Crippen MR) is 4.99 cm³/mol. The second kappa shape index (κ2) is 10.5. The average Bonchev–Trinajstić information content (AvgIpc) is 0.918. The molecular formula is H2O3Pt. The third-order valence-corrected chi connectivity index (χ3v) is 0. The van der Waals surface area contributed by atoms with Crippen LogP contribution in [0.5, 0.6) is 0 Å². The minimum absolute atomic E-state index is 0. The summed E-state index contributed by atoms with van der Waals surface area (Å²) in [4.78, 5) is 0. The van der Waals surface area contributed by atoms with Crippen LogP contribution < -0.4 is 0 Å². The number of rotatable bonds is 0. The van der Waals surface area contributed by atoms with Gasteiger partial charge < -0.3 is 5.48 Å². The molecule has 0 amide bonds. The van der Waals surface area contributed by atoms with Gasteiger partial charge in [-0.15, -0.1) is 0 Å². The van der Waals surface area contributed by atoms with E-state index in [0.717, 1.165) is 0 Å². The summed E-state index contributed by atoms with van der Waals surface area (Å²) in [5, 5.41) is 0. The van der Waals surface area contributed by atoms with E-state index in [0.29, 0.717) is 0 Å². The van der Waals surface area contributed by atoms with E-state index in [1.165, 1.54) is 0 Å². The van der Waals surface area contributed by atoms with Gasteiger partial charge in [-0.05, 0) is 0 Å². The van der Waals surface area contributed by atoms with E-state index in [1.54, 1.807) is 0 Å². The van der Waals surface area contributed by atoms with Crippen molar-refractivity contribution in [3.05, 3.63) is 0 Å². The normalized spacial score (nSPS) is 5.00. The average molecular weight is 245 g/mol. The van der Waals surface area contributed by atoms with Gasteiger partial charge in [0.1, 0.15) is 0 Å². The molecule has 0 aliphatic carbocycles. The Bertz CT molecular complexity index is 24.3. The summed E-state index contributed by atoms with van der Waals surface area (Å²) < 4.78 is 17.0. The summed E-state index contributed by atoms with van der Waals surface area (Å²) in [5.41, 5.74) is 0. The molecule has 0 saturated heterocycles. The maximum absolute atomic E-state index is 8.49. The van der Waals surface area contributed by atoms with Crippen molar-refractivity contribution < 1.29 is 30.8 Å². The van der Waals surface area contributed by atoms with Crippen LogP contribution in [-0.2, 0) is 25.3 Å². The fourth-order valence-corrected chi connectivity index (χ4v) is 0. The molecule has 2 N–H and O–H groups in total. The first-order valence-corrected chi connectivity index (χ1v) is 2.11. The van der Waals surface area contributed by atoms with Crippen LogP contribution in [-0.4, -0.2) is 5.48 Å². The van der Waals surface area contributed by atoms with Gasteiger partial charge in [0.2, 0.25) is 0 Å². The van der Waals surface area contributed by atoms with Gasteiger partial charge in [-0.25, -0.2) is 0 Å². The minimum atomic E-state index is -1.92. The van der Waals surface area contributed by atoms with Crippen molar-refractivity contribution in [2.24, 2.45) is 0 Å². The molecule has 0 aromatic carbocycles. The summed E-state index contributed by atoms with van der Waals surface area (Å²) in [5.74, 6) is 0. The van der Waals surface area contributed by atoms with E-state index in [4.69, 9.17) is 6.80 Å². The zero-order valence-electron chi connectivity index (χ0n) is 1.63. The first-order valence-electron chi connectivity index (χ1n) is 0.258. The van der Waals surface area contributed by atoms with Gasteiger partial charge in [-0.2, -0.15) is 0 Å². The Morgan fingerprint density at radius 1 is 1.25 bits per heavy atom. The molecule has 0 radical (unpaired) electrons. The number of hydrogen-bond donors (Lipinski definition) is 0. The first kappa shape index (κ1) is 8.87. The zero-order valence-corrected chi connectivity index (χ0v) is 3.90. The van der Waals surface area contributed by atoms with Crippen molar-refractivity contribution >= 4 is 0 Å². The summed E-state index contributed by atoms with van der Waals surface area (Å²) in [6.45, 7) is 0. The van der Waals surface area contributed by atoms with Crippen LogP contribution in [0.1, 0.15) is 0 Å². The first-order chi connectivity index (χ1) is 1.41. The topological polar surface area (TPSA) is 65.6 Å². The van der Waals surface area contributed by atoms with Crippen LogP contribution in [0.25, 0.3) is 0 Å². The van der Waals surface area contributed by atoms with Crippen LogP contribution in [0.2, 0.25) is 0 Å². The molecule has 0 spiro atoms. The molecule has 0 saturated carbocycles. The quantitative estimate of drug-likeness (QED) is 0.545. The third-order valence-electron chi connectivity index (χ3n) is 0. The molecule has 0 rings (SSSR count). The van der Waals surface area contributed by atoms with Crippen LogP contribution in [0.15, 0.2) is 0 Å². The Balaban J connectivity index is 0. The fourth-order valence-electron chi connectivity index (χ4n) is 0. The van der Waals surface area contributed by atoms with Crippen molar-refractivity contribution in [1.29, 1.82) is 0 Å². The van der Waals surface area contributed by atoms with Crippen LogP contribution in [0.4, 0.5) is 0 Å². The molecule has 3 nitrogen and oxygen atoms in total. The van der Waals surface area contributed by atoms with Gasteiger partial charge in [0.25, 0.3) is 0 Å². The Hall–Kier alpha value is 0.248. The van der Waals surface area contributed by atoms with Crippen molar-refractivity contribution in [2.75, 3.05) is 0 Å². The molecule has 0 aliphatic heterocycles. The maximum atomic E-state index is 8.49. The Labute approximate surface area is 31.5 Å². The Kier molecular flexibility index (Phi) is 23.4. The summed E-state index contributed by atoms with van der Waals surface area (Å²) in [6, 6.07) is 0. The monoisotopic (exact) mass is 245 g/mol. The van der Waals surface area contributed by atoms with Crippen molar-refractivity contribution in [3.8, 4) is 0 Å². The van der Waals surface area contributed by atoms with E-state index in [9.17, 15) is 0 Å². The summed E-state index contributed by atoms with van der Waals surface area (Å²) >= 11 is -1.92. The molecule has 4 heteroatoms. The van der Waals surface area contributed by atoms with E-state index in [2.05, 4.69) is 0 Å². The SMILES string of the molecule is O.[O]=[Pt]=[O]. The second-order valence-corrected chi connectivity index (χ2v) is 0.431. The van der Waals surface area contributed by atoms with Gasteiger partial charge in [0.15, 0.2) is 0 Å². The molecule has 0 fully saturated rings. The van der Waals surface area contributed by atoms with Crippen molar-refractivity contribution in [1.82, 2.24) is 0 Å². The molecule has 0 heterocycles. The van der Waals surface area contributed by atoms with E-state index in [1.807, 2.05) is 0 Å². The Morgan fingerprint density at radius 2 is 1.25 bits per heavy atom. The van der Waals surface area contributed by atoms with E-state index < -0.39 is 18.5 Å². The molecule has 0 aliphatic rings. The second-order valence-electron chi connectivity index (χ2n) is 0.0527.